The summed E-state index contributed by atoms with van der Waals surface area (Å²) < 4.78 is 30.4. The normalized spacial score (nSPS) is 16.5. The zero-order chi connectivity index (χ0) is 28.8. The Morgan fingerprint density at radius 1 is 1.13 bits per heavy atom. The lowest BCUT2D eigenvalue weighted by atomic mass is 9.82. The number of hydrogen-bond acceptors (Lipinski definition) is 7. The number of aromatic nitrogens is 2. The lowest BCUT2D eigenvalue weighted by Crippen LogP contribution is -2.57. The predicted molar refractivity (Wildman–Crippen MR) is 149 cm³/mol. The molecule has 39 heavy (non-hydrogen) atoms. The van der Waals surface area contributed by atoms with Gasteiger partial charge in [0.1, 0.15) is 5.82 Å². The zero-order valence-corrected chi connectivity index (χ0v) is 24.2. The minimum atomic E-state index is -4.16. The van der Waals surface area contributed by atoms with E-state index in [2.05, 4.69) is 9.29 Å². The molecule has 2 amide bonds. The molecule has 1 aromatic heterocycles. The lowest BCUT2D eigenvalue weighted by molar-refractivity contribution is -0.236. The van der Waals surface area contributed by atoms with Crippen molar-refractivity contribution in [2.24, 2.45) is 5.84 Å². The highest BCUT2D eigenvalue weighted by atomic mass is 32.2. The summed E-state index contributed by atoms with van der Waals surface area (Å²) >= 11 is 0. The van der Waals surface area contributed by atoms with E-state index in [-0.39, 0.29) is 11.4 Å². The summed E-state index contributed by atoms with van der Waals surface area (Å²) in [4.78, 5) is 17.1. The molecule has 0 saturated heterocycles. The van der Waals surface area contributed by atoms with Crippen molar-refractivity contribution in [2.75, 3.05) is 6.54 Å². The Hall–Kier alpha value is -3.25. The summed E-state index contributed by atoms with van der Waals surface area (Å²) in [6.45, 7) is 12.6. The number of sulfonamides is 1. The van der Waals surface area contributed by atoms with Gasteiger partial charge in [-0.2, -0.15) is 5.06 Å². The third-order valence-electron chi connectivity index (χ3n) is 7.24. The minimum Gasteiger partial charge on any atom is -0.326 e. The summed E-state index contributed by atoms with van der Waals surface area (Å²) in [6.07, 6.45) is 1.24. The topological polar surface area (TPSA) is 134 Å². The number of hydroxylamine groups is 2. The van der Waals surface area contributed by atoms with Gasteiger partial charge >= 0.3 is 6.03 Å². The zero-order valence-electron chi connectivity index (χ0n) is 23.4. The summed E-state index contributed by atoms with van der Waals surface area (Å²) in [7, 11) is -4.16. The monoisotopic (exact) mass is 554 g/mol. The fourth-order valence-corrected chi connectivity index (χ4v) is 6.64. The maximum Gasteiger partial charge on any atom is 0.345 e. The molecule has 0 unspecified atom stereocenters. The molecule has 4 rings (SSSR count). The number of rotatable bonds is 7. The number of nitrogens with two attached hydrogens (primary N) is 1. The molecule has 0 fully saturated rings. The van der Waals surface area contributed by atoms with Crippen molar-refractivity contribution in [3.8, 4) is 11.1 Å². The Kier molecular flexibility index (Phi) is 7.65. The van der Waals surface area contributed by atoms with Crippen LogP contribution in [0.2, 0.25) is 0 Å². The average Bonchev–Trinajstić information content (AvgIpc) is 3.17. The van der Waals surface area contributed by atoms with E-state index in [1.54, 1.807) is 18.2 Å². The van der Waals surface area contributed by atoms with Crippen LogP contribution in [0.1, 0.15) is 63.8 Å². The number of urea groups is 1. The Morgan fingerprint density at radius 3 is 2.41 bits per heavy atom. The molecule has 0 spiro atoms. The van der Waals surface area contributed by atoms with Crippen LogP contribution in [0.15, 0.2) is 53.4 Å². The second-order valence-corrected chi connectivity index (χ2v) is 12.8. The quantitative estimate of drug-likeness (QED) is 0.227. The Labute approximate surface area is 230 Å². The van der Waals surface area contributed by atoms with Crippen molar-refractivity contribution in [2.45, 2.75) is 76.9 Å². The highest BCUT2D eigenvalue weighted by Gasteiger charge is 2.47. The van der Waals surface area contributed by atoms with Gasteiger partial charge in [0.25, 0.3) is 10.0 Å². The van der Waals surface area contributed by atoms with Gasteiger partial charge in [-0.1, -0.05) is 49.4 Å². The number of carbonyl (C=O) groups excluding carboxylic acids is 1. The summed E-state index contributed by atoms with van der Waals surface area (Å²) in [5.41, 5.74) is 3.06. The number of nitrogens with one attached hydrogen (secondary N) is 1. The number of aryl methyl sites for hydroxylation is 1. The first-order chi connectivity index (χ1) is 18.2. The van der Waals surface area contributed by atoms with Crippen molar-refractivity contribution >= 4 is 16.1 Å². The third kappa shape index (κ3) is 5.44. The highest BCUT2D eigenvalue weighted by molar-refractivity contribution is 7.90. The third-order valence-corrected chi connectivity index (χ3v) is 8.62. The van der Waals surface area contributed by atoms with Gasteiger partial charge in [0.15, 0.2) is 0 Å². The SMILES string of the molecule is CCCN(N)C(=O)NS(=O)(=O)c1ccccc1-c1ccc(Cn2c(C)nc3c2C(C)(C)N(O)C(C)(C)C3)cc1. The fourth-order valence-electron chi connectivity index (χ4n) is 5.45. The molecule has 0 aliphatic carbocycles. The fraction of sp³-hybridized carbons (Fsp3) is 0.429. The van der Waals surface area contributed by atoms with Crippen LogP contribution in [0.3, 0.4) is 0 Å². The Morgan fingerprint density at radius 2 is 1.77 bits per heavy atom. The molecule has 0 atom stereocenters. The van der Waals surface area contributed by atoms with Gasteiger partial charge in [0.05, 0.1) is 21.8 Å². The van der Waals surface area contributed by atoms with Crippen LogP contribution < -0.4 is 10.6 Å². The number of amides is 2. The highest BCUT2D eigenvalue weighted by Crippen LogP contribution is 2.41. The number of carbonyl (C=O) groups is 1. The Bertz CT molecular complexity index is 1480. The van der Waals surface area contributed by atoms with Crippen LogP contribution in [0.25, 0.3) is 11.1 Å². The molecule has 10 nitrogen and oxygen atoms in total. The number of fused-ring (bicyclic) bond motifs is 1. The van der Waals surface area contributed by atoms with E-state index >= 15 is 0 Å². The molecule has 2 heterocycles. The molecule has 210 valence electrons. The molecular weight excluding hydrogens is 516 g/mol. The van der Waals surface area contributed by atoms with E-state index in [4.69, 9.17) is 10.8 Å². The van der Waals surface area contributed by atoms with Crippen molar-refractivity contribution in [1.29, 1.82) is 0 Å². The molecule has 11 heteroatoms. The lowest BCUT2D eigenvalue weighted by Gasteiger charge is -2.48. The molecule has 1 aliphatic heterocycles. The second-order valence-electron chi connectivity index (χ2n) is 11.2. The average molecular weight is 555 g/mol. The smallest absolute Gasteiger partial charge is 0.326 e. The standard InChI is InChI=1S/C28H38N6O4S/c1-7-16-33(29)26(35)31-39(37,38)24-11-9-8-10-22(24)21-14-12-20(13-15-21)18-32-19(2)30-23-17-27(3,4)34(36)28(5,6)25(23)32/h8-15,36H,7,16-18,29H2,1-6H3,(H,31,35). The second kappa shape index (κ2) is 10.4. The number of nitrogens with zero attached hydrogens (tertiary/aromatic N) is 4. The number of hydrazine groups is 1. The van der Waals surface area contributed by atoms with Crippen LogP contribution in [0.5, 0.6) is 0 Å². The number of imidazole rings is 1. The van der Waals surface area contributed by atoms with Crippen molar-refractivity contribution in [3.63, 3.8) is 0 Å². The van der Waals surface area contributed by atoms with Gasteiger partial charge in [-0.05, 0) is 58.2 Å². The van der Waals surface area contributed by atoms with Gasteiger partial charge in [0.2, 0.25) is 0 Å². The van der Waals surface area contributed by atoms with Crippen LogP contribution in [0, 0.1) is 6.92 Å². The first-order valence-electron chi connectivity index (χ1n) is 13.0. The predicted octanol–water partition coefficient (Wildman–Crippen LogP) is 4.15. The van der Waals surface area contributed by atoms with Crippen LogP contribution >= 0.6 is 0 Å². The van der Waals surface area contributed by atoms with Gasteiger partial charge in [-0.3, -0.25) is 5.01 Å². The van der Waals surface area contributed by atoms with E-state index in [1.807, 2.05) is 65.8 Å². The molecule has 0 radical (unpaired) electrons. The molecule has 4 N–H and O–H groups in total. The van der Waals surface area contributed by atoms with Gasteiger partial charge in [-0.25, -0.2) is 28.8 Å². The maximum atomic E-state index is 13.1. The van der Waals surface area contributed by atoms with Crippen molar-refractivity contribution in [3.05, 3.63) is 71.3 Å². The molecule has 3 aromatic rings. The van der Waals surface area contributed by atoms with Crippen molar-refractivity contribution in [1.82, 2.24) is 24.3 Å². The number of benzene rings is 2. The molecule has 0 saturated carbocycles. The van der Waals surface area contributed by atoms with E-state index < -0.39 is 27.1 Å². The Balaban J connectivity index is 1.62. The summed E-state index contributed by atoms with van der Waals surface area (Å²) in [5.74, 6) is 6.53. The molecule has 0 bridgehead atoms. The van der Waals surface area contributed by atoms with E-state index in [0.29, 0.717) is 30.5 Å². The molecule has 1 aliphatic rings. The van der Waals surface area contributed by atoms with Gasteiger partial charge in [-0.15, -0.1) is 0 Å². The molecular formula is C28H38N6O4S. The van der Waals surface area contributed by atoms with Gasteiger partial charge in [0, 0.05) is 30.6 Å². The van der Waals surface area contributed by atoms with Crippen LogP contribution in [-0.2, 0) is 28.5 Å². The maximum absolute atomic E-state index is 13.1. The number of hydrogen-bond donors (Lipinski definition) is 3. The summed E-state index contributed by atoms with van der Waals surface area (Å²) in [6, 6.07) is 13.3. The van der Waals surface area contributed by atoms with E-state index in [1.165, 1.54) is 11.1 Å². The van der Waals surface area contributed by atoms with Crippen LogP contribution in [-0.4, -0.2) is 51.4 Å². The molecule has 2 aromatic carbocycles. The first kappa shape index (κ1) is 28.8. The first-order valence-corrected chi connectivity index (χ1v) is 14.5. The summed E-state index contributed by atoms with van der Waals surface area (Å²) in [5, 5.41) is 13.3. The van der Waals surface area contributed by atoms with E-state index in [9.17, 15) is 18.4 Å². The van der Waals surface area contributed by atoms with Crippen LogP contribution in [0.4, 0.5) is 4.79 Å². The minimum absolute atomic E-state index is 0.0112. The van der Waals surface area contributed by atoms with E-state index in [0.717, 1.165) is 27.8 Å². The van der Waals surface area contributed by atoms with Gasteiger partial charge < -0.3 is 9.77 Å². The largest absolute Gasteiger partial charge is 0.345 e. The van der Waals surface area contributed by atoms with Crippen molar-refractivity contribution < 1.29 is 18.4 Å².